The Balaban J connectivity index is 1.70. The average molecular weight is 461 g/mol. The second kappa shape index (κ2) is 9.00. The van der Waals surface area contributed by atoms with Gasteiger partial charge in [-0.3, -0.25) is 4.90 Å². The number of piperidine rings is 3. The fourth-order valence-corrected chi connectivity index (χ4v) is 7.83. The van der Waals surface area contributed by atoms with E-state index in [2.05, 4.69) is 4.90 Å². The van der Waals surface area contributed by atoms with Crippen LogP contribution in [-0.2, 0) is 16.2 Å². The van der Waals surface area contributed by atoms with E-state index in [1.54, 1.807) is 0 Å². The minimum atomic E-state index is -4.59. The van der Waals surface area contributed by atoms with E-state index in [4.69, 9.17) is 0 Å². The van der Waals surface area contributed by atoms with Crippen LogP contribution in [0.5, 0.6) is 0 Å². The van der Waals surface area contributed by atoms with E-state index in [0.29, 0.717) is 31.8 Å². The van der Waals surface area contributed by atoms with Gasteiger partial charge in [-0.1, -0.05) is 6.07 Å². The molecule has 0 spiro atoms. The summed E-state index contributed by atoms with van der Waals surface area (Å²) in [4.78, 5) is 2.23. The van der Waals surface area contributed by atoms with Crippen molar-refractivity contribution in [3.63, 3.8) is 0 Å². The maximum absolute atomic E-state index is 13.6. The number of benzene rings is 1. The standard InChI is InChI=1S/C22H31F3N2O3S/c23-22(24,25)17-7-3-8-18(14-17)31(29,30)27-15-16-6-4-11-26-12-5-9-19(21(16)26)20(27)10-1-2-13-28/h3,7-8,14,16,19-21,28H,1-2,4-6,9-13,15H2/t16-,19-,20-,21+/m1/s1. The summed E-state index contributed by atoms with van der Waals surface area (Å²) in [6.45, 7) is 2.50. The molecule has 3 heterocycles. The molecule has 1 aromatic carbocycles. The van der Waals surface area contributed by atoms with Gasteiger partial charge < -0.3 is 5.11 Å². The Hall–Kier alpha value is -1.16. The van der Waals surface area contributed by atoms with Crippen LogP contribution in [0.1, 0.15) is 50.5 Å². The molecular weight excluding hydrogens is 429 g/mol. The van der Waals surface area contributed by atoms with E-state index in [0.717, 1.165) is 50.9 Å². The monoisotopic (exact) mass is 460 g/mol. The van der Waals surface area contributed by atoms with E-state index >= 15 is 0 Å². The summed E-state index contributed by atoms with van der Waals surface area (Å²) >= 11 is 0. The van der Waals surface area contributed by atoms with Crippen LogP contribution < -0.4 is 0 Å². The van der Waals surface area contributed by atoms with Crippen LogP contribution in [0, 0.1) is 11.8 Å². The van der Waals surface area contributed by atoms with Crippen molar-refractivity contribution < 1.29 is 26.7 Å². The fraction of sp³-hybridized carbons (Fsp3) is 0.727. The molecule has 0 amide bonds. The first-order valence-corrected chi connectivity index (χ1v) is 12.7. The molecule has 3 aliphatic rings. The Labute approximate surface area is 182 Å². The minimum absolute atomic E-state index is 0.0515. The molecule has 4 atom stereocenters. The average Bonchev–Trinajstić information content (AvgIpc) is 2.75. The molecule has 9 heteroatoms. The van der Waals surface area contributed by atoms with Gasteiger partial charge in [0.15, 0.2) is 0 Å². The third-order valence-corrected chi connectivity index (χ3v) is 9.19. The van der Waals surface area contributed by atoms with Crippen LogP contribution in [0.25, 0.3) is 0 Å². The zero-order valence-corrected chi connectivity index (χ0v) is 18.4. The maximum atomic E-state index is 13.6. The van der Waals surface area contributed by atoms with Crippen molar-refractivity contribution in [3.05, 3.63) is 29.8 Å². The quantitative estimate of drug-likeness (QED) is 0.658. The summed E-state index contributed by atoms with van der Waals surface area (Å²) in [5.74, 6) is 0.404. The van der Waals surface area contributed by atoms with Crippen LogP contribution in [0.3, 0.4) is 0 Å². The second-order valence-electron chi connectivity index (χ2n) is 9.12. The highest BCUT2D eigenvalue weighted by molar-refractivity contribution is 7.89. The van der Waals surface area contributed by atoms with Gasteiger partial charge in [0.05, 0.1) is 10.5 Å². The number of hydrogen-bond donors (Lipinski definition) is 1. The largest absolute Gasteiger partial charge is 0.416 e. The number of aliphatic hydroxyl groups excluding tert-OH is 1. The van der Waals surface area contributed by atoms with Gasteiger partial charge in [-0.2, -0.15) is 17.5 Å². The number of nitrogens with zero attached hydrogens (tertiary/aromatic N) is 2. The Bertz CT molecular complexity index is 875. The fourth-order valence-electron chi connectivity index (χ4n) is 6.02. The third-order valence-electron chi connectivity index (χ3n) is 7.30. The maximum Gasteiger partial charge on any atom is 0.416 e. The normalized spacial score (nSPS) is 30.2. The smallest absolute Gasteiger partial charge is 0.396 e. The Morgan fingerprint density at radius 1 is 1.10 bits per heavy atom. The van der Waals surface area contributed by atoms with Gasteiger partial charge in [0, 0.05) is 25.2 Å². The molecule has 0 aromatic heterocycles. The first-order valence-electron chi connectivity index (χ1n) is 11.3. The summed E-state index contributed by atoms with van der Waals surface area (Å²) in [6, 6.07) is 4.23. The van der Waals surface area contributed by atoms with Crippen LogP contribution in [0.2, 0.25) is 0 Å². The van der Waals surface area contributed by atoms with Crippen molar-refractivity contribution in [2.75, 3.05) is 26.2 Å². The van der Waals surface area contributed by atoms with Crippen molar-refractivity contribution in [2.45, 2.75) is 68.1 Å². The molecule has 0 bridgehead atoms. The Kier molecular flexibility index (Phi) is 6.68. The number of alkyl halides is 3. The van der Waals surface area contributed by atoms with E-state index in [1.165, 1.54) is 16.4 Å². The molecule has 3 fully saturated rings. The van der Waals surface area contributed by atoms with Crippen LogP contribution in [0.15, 0.2) is 29.2 Å². The minimum Gasteiger partial charge on any atom is -0.396 e. The second-order valence-corrected chi connectivity index (χ2v) is 11.0. The predicted molar refractivity (Wildman–Crippen MR) is 111 cm³/mol. The lowest BCUT2D eigenvalue weighted by molar-refractivity contribution is -0.137. The van der Waals surface area contributed by atoms with Crippen molar-refractivity contribution >= 4 is 10.0 Å². The molecule has 0 radical (unpaired) electrons. The third kappa shape index (κ3) is 4.51. The number of rotatable bonds is 6. The highest BCUT2D eigenvalue weighted by Gasteiger charge is 2.51. The molecule has 174 valence electrons. The predicted octanol–water partition coefficient (Wildman–Crippen LogP) is 3.73. The lowest BCUT2D eigenvalue weighted by Crippen LogP contribution is -2.65. The topological polar surface area (TPSA) is 60.9 Å². The highest BCUT2D eigenvalue weighted by Crippen LogP contribution is 2.45. The van der Waals surface area contributed by atoms with Gasteiger partial charge in [0.25, 0.3) is 0 Å². The summed E-state index contributed by atoms with van der Waals surface area (Å²) in [5.41, 5.74) is -0.943. The Morgan fingerprint density at radius 3 is 2.55 bits per heavy atom. The first kappa shape index (κ1) is 23.0. The molecule has 31 heavy (non-hydrogen) atoms. The summed E-state index contributed by atoms with van der Waals surface area (Å²) in [5, 5.41) is 9.22. The molecule has 1 N–H and O–H groups in total. The molecule has 3 saturated heterocycles. The SMILES string of the molecule is O=S(=O)(c1cccc(C(F)(F)F)c1)N1C[C@H]2CCCN3CCC[C@@H]([C@H]23)[C@H]1CCCCO. The van der Waals surface area contributed by atoms with Gasteiger partial charge >= 0.3 is 6.18 Å². The zero-order chi connectivity index (χ0) is 22.2. The number of unbranched alkanes of at least 4 members (excludes halogenated alkanes) is 1. The van der Waals surface area contributed by atoms with Gasteiger partial charge in [-0.05, 0) is 88.1 Å². The van der Waals surface area contributed by atoms with E-state index in [1.807, 2.05) is 0 Å². The summed E-state index contributed by atoms with van der Waals surface area (Å²) < 4.78 is 68.5. The molecule has 1 aromatic rings. The van der Waals surface area contributed by atoms with Crippen LogP contribution in [-0.4, -0.2) is 61.1 Å². The summed E-state index contributed by atoms with van der Waals surface area (Å²) in [6.07, 6.45) is 1.27. The van der Waals surface area contributed by atoms with Crippen LogP contribution >= 0.6 is 0 Å². The summed E-state index contributed by atoms with van der Waals surface area (Å²) in [7, 11) is -4.07. The number of hydrogen-bond acceptors (Lipinski definition) is 4. The molecule has 0 aliphatic carbocycles. The number of aliphatic hydroxyl groups is 1. The van der Waals surface area contributed by atoms with Crippen molar-refractivity contribution in [2.24, 2.45) is 11.8 Å². The lowest BCUT2D eigenvalue weighted by Gasteiger charge is -2.57. The molecule has 0 saturated carbocycles. The Morgan fingerprint density at radius 2 is 1.84 bits per heavy atom. The van der Waals surface area contributed by atoms with E-state index in [9.17, 15) is 26.7 Å². The lowest BCUT2D eigenvalue weighted by atomic mass is 9.70. The van der Waals surface area contributed by atoms with Crippen molar-refractivity contribution in [1.82, 2.24) is 9.21 Å². The molecule has 5 nitrogen and oxygen atoms in total. The molecule has 0 unspecified atom stereocenters. The van der Waals surface area contributed by atoms with Gasteiger partial charge in [0.2, 0.25) is 10.0 Å². The molecule has 4 rings (SSSR count). The van der Waals surface area contributed by atoms with Gasteiger partial charge in [0.1, 0.15) is 0 Å². The number of sulfonamides is 1. The van der Waals surface area contributed by atoms with E-state index in [-0.39, 0.29) is 29.4 Å². The molecule has 3 aliphatic heterocycles. The highest BCUT2D eigenvalue weighted by atomic mass is 32.2. The number of halogens is 3. The first-order chi connectivity index (χ1) is 14.7. The van der Waals surface area contributed by atoms with Crippen molar-refractivity contribution in [1.29, 1.82) is 0 Å². The zero-order valence-electron chi connectivity index (χ0n) is 17.6. The van der Waals surface area contributed by atoms with Gasteiger partial charge in [-0.15, -0.1) is 0 Å². The van der Waals surface area contributed by atoms with Crippen molar-refractivity contribution in [3.8, 4) is 0 Å². The van der Waals surface area contributed by atoms with Gasteiger partial charge in [-0.25, -0.2) is 8.42 Å². The van der Waals surface area contributed by atoms with Crippen LogP contribution in [0.4, 0.5) is 13.2 Å². The van der Waals surface area contributed by atoms with E-state index < -0.39 is 21.8 Å². The molecular formula is C22H31F3N2O3S.